The molecule has 0 saturated carbocycles. The van der Waals surface area contributed by atoms with E-state index in [2.05, 4.69) is 5.32 Å². The summed E-state index contributed by atoms with van der Waals surface area (Å²) in [5, 5.41) is 13.0. The first kappa shape index (κ1) is 17.0. The summed E-state index contributed by atoms with van der Waals surface area (Å²) in [5.74, 6) is 0.0594. The van der Waals surface area contributed by atoms with E-state index in [-0.39, 0.29) is 11.8 Å². The minimum absolute atomic E-state index is 0.0796. The molecule has 4 nitrogen and oxygen atoms in total. The van der Waals surface area contributed by atoms with Crippen molar-refractivity contribution in [3.8, 4) is 0 Å². The summed E-state index contributed by atoms with van der Waals surface area (Å²) >= 11 is 0. The number of nitrogens with one attached hydrogen (secondary N) is 1. The molecule has 0 aliphatic heterocycles. The maximum atomic E-state index is 12.8. The van der Waals surface area contributed by atoms with Crippen LogP contribution >= 0.6 is 0 Å². The van der Waals surface area contributed by atoms with E-state index < -0.39 is 6.10 Å². The number of hydrogen-bond donors (Lipinski definition) is 2. The first-order chi connectivity index (χ1) is 12.3. The number of carbonyl (C=O) groups is 1. The summed E-state index contributed by atoms with van der Waals surface area (Å²) in [6.07, 6.45) is 1.20. The van der Waals surface area contributed by atoms with Crippen LogP contribution in [0.25, 0.3) is 0 Å². The minimum atomic E-state index is -0.720. The van der Waals surface area contributed by atoms with Gasteiger partial charge in [-0.2, -0.15) is 0 Å². The van der Waals surface area contributed by atoms with E-state index in [9.17, 15) is 9.90 Å². The fourth-order valence-electron chi connectivity index (χ4n) is 2.84. The van der Waals surface area contributed by atoms with Gasteiger partial charge < -0.3 is 14.8 Å². The van der Waals surface area contributed by atoms with E-state index in [1.54, 1.807) is 12.1 Å². The van der Waals surface area contributed by atoms with Crippen LogP contribution in [-0.2, 0) is 4.79 Å². The van der Waals surface area contributed by atoms with Gasteiger partial charge in [-0.15, -0.1) is 0 Å². The molecule has 128 valence electrons. The Hall–Kier alpha value is -2.85. The number of aliphatic hydroxyl groups excluding tert-OH is 1. The van der Waals surface area contributed by atoms with E-state index >= 15 is 0 Å². The number of furan rings is 1. The van der Waals surface area contributed by atoms with Crippen LogP contribution in [0.15, 0.2) is 83.5 Å². The molecule has 1 aromatic heterocycles. The van der Waals surface area contributed by atoms with Gasteiger partial charge in [-0.25, -0.2) is 0 Å². The SMILES string of the molecule is O=C(NCCC(O)c1ccco1)C(c1ccccc1)c1ccccc1. The Balaban J connectivity index is 1.68. The molecule has 3 aromatic rings. The topological polar surface area (TPSA) is 62.5 Å². The normalized spacial score (nSPS) is 12.1. The second-order valence-electron chi connectivity index (χ2n) is 5.87. The summed E-state index contributed by atoms with van der Waals surface area (Å²) in [7, 11) is 0. The van der Waals surface area contributed by atoms with Crippen LogP contribution in [0.2, 0.25) is 0 Å². The van der Waals surface area contributed by atoms with Crippen molar-refractivity contribution in [2.75, 3.05) is 6.54 Å². The molecule has 2 aromatic carbocycles. The van der Waals surface area contributed by atoms with Crippen LogP contribution in [0, 0.1) is 0 Å². The van der Waals surface area contributed by atoms with Gasteiger partial charge in [-0.1, -0.05) is 60.7 Å². The molecule has 2 N–H and O–H groups in total. The number of carbonyl (C=O) groups excluding carboxylic acids is 1. The van der Waals surface area contributed by atoms with Gasteiger partial charge >= 0.3 is 0 Å². The molecule has 0 fully saturated rings. The molecule has 1 unspecified atom stereocenters. The van der Waals surface area contributed by atoms with Crippen molar-refractivity contribution >= 4 is 5.91 Å². The van der Waals surface area contributed by atoms with E-state index in [1.807, 2.05) is 60.7 Å². The summed E-state index contributed by atoms with van der Waals surface area (Å²) < 4.78 is 5.18. The average Bonchev–Trinajstić information content (AvgIpc) is 3.18. The smallest absolute Gasteiger partial charge is 0.232 e. The van der Waals surface area contributed by atoms with E-state index in [1.165, 1.54) is 6.26 Å². The quantitative estimate of drug-likeness (QED) is 0.693. The number of amides is 1. The van der Waals surface area contributed by atoms with Gasteiger partial charge in [0.15, 0.2) is 0 Å². The molecule has 0 saturated heterocycles. The molecule has 1 amide bonds. The Labute approximate surface area is 147 Å². The Morgan fingerprint density at radius 2 is 1.52 bits per heavy atom. The molecular formula is C21H21NO3. The van der Waals surface area contributed by atoms with Crippen molar-refractivity contribution in [2.24, 2.45) is 0 Å². The van der Waals surface area contributed by atoms with Crippen molar-refractivity contribution < 1.29 is 14.3 Å². The molecular weight excluding hydrogens is 314 g/mol. The standard InChI is InChI=1S/C21H21NO3/c23-18(19-12-7-15-25-19)13-14-22-21(24)20(16-8-3-1-4-9-16)17-10-5-2-6-11-17/h1-12,15,18,20,23H,13-14H2,(H,22,24). The fraction of sp³-hybridized carbons (Fsp3) is 0.190. The van der Waals surface area contributed by atoms with Crippen LogP contribution in [-0.4, -0.2) is 17.6 Å². The Kier molecular flexibility index (Phi) is 5.65. The number of benzene rings is 2. The fourth-order valence-corrected chi connectivity index (χ4v) is 2.84. The number of aliphatic hydroxyl groups is 1. The molecule has 0 radical (unpaired) electrons. The van der Waals surface area contributed by atoms with Crippen LogP contribution in [0.5, 0.6) is 0 Å². The van der Waals surface area contributed by atoms with Crippen molar-refractivity contribution in [3.05, 3.63) is 95.9 Å². The van der Waals surface area contributed by atoms with Crippen LogP contribution in [0.3, 0.4) is 0 Å². The molecule has 1 heterocycles. The van der Waals surface area contributed by atoms with Gasteiger partial charge in [0.1, 0.15) is 11.9 Å². The maximum Gasteiger partial charge on any atom is 0.232 e. The van der Waals surface area contributed by atoms with Crippen molar-refractivity contribution in [2.45, 2.75) is 18.4 Å². The zero-order chi connectivity index (χ0) is 17.5. The molecule has 0 bridgehead atoms. The maximum absolute atomic E-state index is 12.8. The Morgan fingerprint density at radius 3 is 2.04 bits per heavy atom. The van der Waals surface area contributed by atoms with Gasteiger partial charge in [0.25, 0.3) is 0 Å². The van der Waals surface area contributed by atoms with Gasteiger partial charge in [0, 0.05) is 6.54 Å². The minimum Gasteiger partial charge on any atom is -0.467 e. The molecule has 3 rings (SSSR count). The zero-order valence-corrected chi connectivity index (χ0v) is 13.8. The number of hydrogen-bond acceptors (Lipinski definition) is 3. The lowest BCUT2D eigenvalue weighted by Crippen LogP contribution is -2.31. The lowest BCUT2D eigenvalue weighted by atomic mass is 9.90. The van der Waals surface area contributed by atoms with E-state index in [0.29, 0.717) is 18.7 Å². The lowest BCUT2D eigenvalue weighted by molar-refractivity contribution is -0.121. The van der Waals surface area contributed by atoms with Crippen LogP contribution in [0.4, 0.5) is 0 Å². The Morgan fingerprint density at radius 1 is 0.920 bits per heavy atom. The van der Waals surface area contributed by atoms with Gasteiger partial charge in [-0.05, 0) is 29.7 Å². The second-order valence-corrected chi connectivity index (χ2v) is 5.87. The summed E-state index contributed by atoms with van der Waals surface area (Å²) in [5.41, 5.74) is 1.88. The summed E-state index contributed by atoms with van der Waals surface area (Å²) in [6.45, 7) is 0.372. The second kappa shape index (κ2) is 8.31. The molecule has 0 spiro atoms. The molecule has 4 heteroatoms. The first-order valence-electron chi connectivity index (χ1n) is 8.35. The summed E-state index contributed by atoms with van der Waals surface area (Å²) in [6, 6.07) is 22.9. The lowest BCUT2D eigenvalue weighted by Gasteiger charge is -2.18. The van der Waals surface area contributed by atoms with Gasteiger partial charge in [0.2, 0.25) is 5.91 Å². The third-order valence-electron chi connectivity index (χ3n) is 4.12. The van der Waals surface area contributed by atoms with E-state index in [0.717, 1.165) is 11.1 Å². The highest BCUT2D eigenvalue weighted by molar-refractivity contribution is 5.87. The molecule has 25 heavy (non-hydrogen) atoms. The molecule has 0 aliphatic rings. The van der Waals surface area contributed by atoms with Crippen molar-refractivity contribution in [1.82, 2.24) is 5.32 Å². The Bertz CT molecular complexity index is 730. The predicted octanol–water partition coefficient (Wildman–Crippen LogP) is 3.65. The van der Waals surface area contributed by atoms with Crippen molar-refractivity contribution in [3.63, 3.8) is 0 Å². The molecule has 1 atom stereocenters. The van der Waals surface area contributed by atoms with Gasteiger partial charge in [0.05, 0.1) is 12.2 Å². The number of rotatable bonds is 7. The van der Waals surface area contributed by atoms with Crippen LogP contribution < -0.4 is 5.32 Å². The third-order valence-corrected chi connectivity index (χ3v) is 4.12. The largest absolute Gasteiger partial charge is 0.467 e. The third kappa shape index (κ3) is 4.37. The van der Waals surface area contributed by atoms with Crippen molar-refractivity contribution in [1.29, 1.82) is 0 Å². The van der Waals surface area contributed by atoms with Gasteiger partial charge in [-0.3, -0.25) is 4.79 Å². The van der Waals surface area contributed by atoms with Crippen LogP contribution in [0.1, 0.15) is 35.3 Å². The highest BCUT2D eigenvalue weighted by Gasteiger charge is 2.22. The van der Waals surface area contributed by atoms with E-state index in [4.69, 9.17) is 4.42 Å². The highest BCUT2D eigenvalue weighted by Crippen LogP contribution is 2.25. The predicted molar refractivity (Wildman–Crippen MR) is 96.0 cm³/mol. The zero-order valence-electron chi connectivity index (χ0n) is 13.8. The summed E-state index contributed by atoms with van der Waals surface area (Å²) in [4.78, 5) is 12.8. The average molecular weight is 335 g/mol. The monoisotopic (exact) mass is 335 g/mol. The highest BCUT2D eigenvalue weighted by atomic mass is 16.4. The molecule has 0 aliphatic carbocycles. The first-order valence-corrected chi connectivity index (χ1v) is 8.35.